The van der Waals surface area contributed by atoms with E-state index in [0.717, 1.165) is 16.8 Å². The van der Waals surface area contributed by atoms with E-state index in [1.807, 2.05) is 18.2 Å². The summed E-state index contributed by atoms with van der Waals surface area (Å²) in [6, 6.07) is 11.6. The fourth-order valence-electron chi connectivity index (χ4n) is 2.60. The molecule has 3 rings (SSSR count). The van der Waals surface area contributed by atoms with Crippen molar-refractivity contribution in [1.29, 1.82) is 0 Å². The lowest BCUT2D eigenvalue weighted by Crippen LogP contribution is -2.01. The van der Waals surface area contributed by atoms with Gasteiger partial charge in [-0.05, 0) is 44.0 Å². The molecule has 2 aromatic heterocycles. The number of anilines is 2. The summed E-state index contributed by atoms with van der Waals surface area (Å²) in [6.07, 6.45) is 1.71. The molecule has 0 unspecified atom stereocenters. The normalized spacial score (nSPS) is 10.6. The molecule has 0 aliphatic carbocycles. The zero-order valence-corrected chi connectivity index (χ0v) is 14.0. The number of aromatic nitrogens is 3. The summed E-state index contributed by atoms with van der Waals surface area (Å²) < 4.78 is 0. The Labute approximate surface area is 140 Å². The van der Waals surface area contributed by atoms with Crippen molar-refractivity contribution in [1.82, 2.24) is 15.0 Å². The van der Waals surface area contributed by atoms with Gasteiger partial charge < -0.3 is 5.32 Å². The lowest BCUT2D eigenvalue weighted by atomic mass is 10.1. The summed E-state index contributed by atoms with van der Waals surface area (Å²) in [5.41, 5.74) is 5.29. The quantitative estimate of drug-likeness (QED) is 0.699. The summed E-state index contributed by atoms with van der Waals surface area (Å²) in [4.78, 5) is 13.1. The molecule has 0 atom stereocenters. The SMILES string of the molecule is Cc1cc(C)c(Nc2cc(Cl)nc(-c3ccccn3)n2)c(C)c1. The molecule has 0 radical (unpaired) electrons. The zero-order chi connectivity index (χ0) is 16.4. The van der Waals surface area contributed by atoms with Crippen LogP contribution in [0.3, 0.4) is 0 Å². The minimum atomic E-state index is 0.380. The molecule has 0 saturated heterocycles. The Kier molecular flexibility index (Phi) is 4.26. The van der Waals surface area contributed by atoms with E-state index in [9.17, 15) is 0 Å². The van der Waals surface area contributed by atoms with Gasteiger partial charge in [0, 0.05) is 18.0 Å². The first-order valence-electron chi connectivity index (χ1n) is 7.34. The molecule has 0 fully saturated rings. The van der Waals surface area contributed by atoms with Gasteiger partial charge in [0.05, 0.1) is 0 Å². The number of halogens is 1. The summed E-state index contributed by atoms with van der Waals surface area (Å²) >= 11 is 6.15. The molecular weight excluding hydrogens is 308 g/mol. The molecule has 23 heavy (non-hydrogen) atoms. The highest BCUT2D eigenvalue weighted by Gasteiger charge is 2.09. The van der Waals surface area contributed by atoms with Gasteiger partial charge in [-0.3, -0.25) is 4.98 Å². The second-order valence-corrected chi connectivity index (χ2v) is 5.90. The third-order valence-corrected chi connectivity index (χ3v) is 3.71. The molecule has 1 aromatic carbocycles. The molecule has 3 aromatic rings. The molecule has 0 saturated carbocycles. The van der Waals surface area contributed by atoms with Crippen molar-refractivity contribution in [2.75, 3.05) is 5.32 Å². The van der Waals surface area contributed by atoms with E-state index in [1.165, 1.54) is 5.56 Å². The number of aryl methyl sites for hydroxylation is 3. The van der Waals surface area contributed by atoms with Gasteiger partial charge in [-0.2, -0.15) is 0 Å². The van der Waals surface area contributed by atoms with Gasteiger partial charge in [-0.25, -0.2) is 9.97 Å². The van der Waals surface area contributed by atoms with Crippen molar-refractivity contribution in [3.63, 3.8) is 0 Å². The number of nitrogens with zero attached hydrogens (tertiary/aromatic N) is 3. The zero-order valence-electron chi connectivity index (χ0n) is 13.3. The first-order chi connectivity index (χ1) is 11.0. The van der Waals surface area contributed by atoms with E-state index in [1.54, 1.807) is 12.3 Å². The van der Waals surface area contributed by atoms with Crippen LogP contribution in [0.1, 0.15) is 16.7 Å². The first kappa shape index (κ1) is 15.4. The molecule has 0 bridgehead atoms. The Bertz CT molecular complexity index is 824. The fourth-order valence-corrected chi connectivity index (χ4v) is 2.78. The smallest absolute Gasteiger partial charge is 0.181 e. The Hall–Kier alpha value is -2.46. The monoisotopic (exact) mass is 324 g/mol. The number of benzene rings is 1. The largest absolute Gasteiger partial charge is 0.340 e. The number of hydrogen-bond donors (Lipinski definition) is 1. The average molecular weight is 325 g/mol. The van der Waals surface area contributed by atoms with Crippen molar-refractivity contribution in [2.45, 2.75) is 20.8 Å². The van der Waals surface area contributed by atoms with Crippen LogP contribution in [0.25, 0.3) is 11.5 Å². The number of rotatable bonds is 3. The molecule has 5 heteroatoms. The van der Waals surface area contributed by atoms with Gasteiger partial charge in [0.2, 0.25) is 0 Å². The summed E-state index contributed by atoms with van der Waals surface area (Å²) in [5, 5.41) is 3.74. The Balaban J connectivity index is 2.00. The van der Waals surface area contributed by atoms with Crippen molar-refractivity contribution < 1.29 is 0 Å². The summed E-state index contributed by atoms with van der Waals surface area (Å²) in [7, 11) is 0. The van der Waals surface area contributed by atoms with Gasteiger partial charge in [0.1, 0.15) is 16.7 Å². The topological polar surface area (TPSA) is 50.7 Å². The molecule has 0 spiro atoms. The predicted octanol–water partition coefficient (Wildman–Crippen LogP) is 4.86. The first-order valence-corrected chi connectivity index (χ1v) is 7.71. The fraction of sp³-hybridized carbons (Fsp3) is 0.167. The number of pyridine rings is 1. The average Bonchev–Trinajstić information content (AvgIpc) is 2.51. The van der Waals surface area contributed by atoms with Crippen molar-refractivity contribution in [3.05, 3.63) is 64.4 Å². The van der Waals surface area contributed by atoms with Gasteiger partial charge in [-0.1, -0.05) is 35.4 Å². The van der Waals surface area contributed by atoms with Crippen LogP contribution in [0.5, 0.6) is 0 Å². The maximum absolute atomic E-state index is 6.15. The van der Waals surface area contributed by atoms with E-state index in [2.05, 4.69) is 53.2 Å². The molecular formula is C18H17ClN4. The Morgan fingerprint density at radius 3 is 2.35 bits per heavy atom. The maximum Gasteiger partial charge on any atom is 0.181 e. The van der Waals surface area contributed by atoms with Crippen LogP contribution in [0.2, 0.25) is 5.15 Å². The number of nitrogens with one attached hydrogen (secondary N) is 1. The lowest BCUT2D eigenvalue weighted by molar-refractivity contribution is 1.14. The number of hydrogen-bond acceptors (Lipinski definition) is 4. The highest BCUT2D eigenvalue weighted by molar-refractivity contribution is 6.29. The van der Waals surface area contributed by atoms with Gasteiger partial charge in [0.15, 0.2) is 5.82 Å². The summed E-state index contributed by atoms with van der Waals surface area (Å²) in [5.74, 6) is 1.16. The van der Waals surface area contributed by atoms with Crippen molar-refractivity contribution >= 4 is 23.1 Å². The molecule has 0 aliphatic heterocycles. The molecule has 0 amide bonds. The van der Waals surface area contributed by atoms with Gasteiger partial charge in [-0.15, -0.1) is 0 Å². The van der Waals surface area contributed by atoms with E-state index in [-0.39, 0.29) is 0 Å². The van der Waals surface area contributed by atoms with Gasteiger partial charge in [0.25, 0.3) is 0 Å². The lowest BCUT2D eigenvalue weighted by Gasteiger charge is -2.14. The van der Waals surface area contributed by atoms with Crippen LogP contribution in [0.4, 0.5) is 11.5 Å². The van der Waals surface area contributed by atoms with Gasteiger partial charge >= 0.3 is 0 Å². The third-order valence-electron chi connectivity index (χ3n) is 3.52. The maximum atomic E-state index is 6.15. The molecule has 116 valence electrons. The van der Waals surface area contributed by atoms with Crippen molar-refractivity contribution in [3.8, 4) is 11.5 Å². The highest BCUT2D eigenvalue weighted by atomic mass is 35.5. The highest BCUT2D eigenvalue weighted by Crippen LogP contribution is 2.27. The standard InChI is InChI=1S/C18H17ClN4/c1-11-8-12(2)17(13(3)9-11)22-16-10-15(19)21-18(23-16)14-6-4-5-7-20-14/h4-10H,1-3H3,(H,21,22,23). The second kappa shape index (κ2) is 6.34. The molecule has 1 N–H and O–H groups in total. The van der Waals surface area contributed by atoms with Crippen LogP contribution < -0.4 is 5.32 Å². The van der Waals surface area contributed by atoms with Crippen LogP contribution in [0.15, 0.2) is 42.6 Å². The van der Waals surface area contributed by atoms with E-state index >= 15 is 0 Å². The summed E-state index contributed by atoms with van der Waals surface area (Å²) in [6.45, 7) is 6.24. The predicted molar refractivity (Wildman–Crippen MR) is 94.2 cm³/mol. The van der Waals surface area contributed by atoms with E-state index in [4.69, 9.17) is 11.6 Å². The van der Waals surface area contributed by atoms with Crippen LogP contribution >= 0.6 is 11.6 Å². The minimum absolute atomic E-state index is 0.380. The van der Waals surface area contributed by atoms with Crippen molar-refractivity contribution in [2.24, 2.45) is 0 Å². The Morgan fingerprint density at radius 2 is 1.70 bits per heavy atom. The third kappa shape index (κ3) is 3.48. The van der Waals surface area contributed by atoms with Crippen LogP contribution in [-0.4, -0.2) is 15.0 Å². The van der Waals surface area contributed by atoms with E-state index < -0.39 is 0 Å². The molecule has 2 heterocycles. The second-order valence-electron chi connectivity index (χ2n) is 5.51. The van der Waals surface area contributed by atoms with Crippen LogP contribution in [0, 0.1) is 20.8 Å². The van der Waals surface area contributed by atoms with E-state index in [0.29, 0.717) is 22.5 Å². The Morgan fingerprint density at radius 1 is 0.957 bits per heavy atom. The molecule has 4 nitrogen and oxygen atoms in total. The van der Waals surface area contributed by atoms with Crippen LogP contribution in [-0.2, 0) is 0 Å². The minimum Gasteiger partial charge on any atom is -0.340 e. The molecule has 0 aliphatic rings.